The maximum absolute atomic E-state index is 3.93. The maximum atomic E-state index is 3.93. The van der Waals surface area contributed by atoms with E-state index < -0.39 is 0 Å². The number of aromatic nitrogens is 1. The topological polar surface area (TPSA) is 19.0 Å². The zero-order chi connectivity index (χ0) is 31.8. The highest BCUT2D eigenvalue weighted by atomic mass is 32.1. The van der Waals surface area contributed by atoms with Crippen LogP contribution >= 0.6 is 11.3 Å². The lowest BCUT2D eigenvalue weighted by Gasteiger charge is -2.35. The number of aromatic amines is 1. The van der Waals surface area contributed by atoms with Crippen molar-refractivity contribution in [2.24, 2.45) is 5.92 Å². The highest BCUT2D eigenvalue weighted by Gasteiger charge is 2.27. The Morgan fingerprint density at radius 2 is 1.31 bits per heavy atom. The molecule has 0 saturated carbocycles. The number of hydrogen-bond acceptors (Lipinski definition) is 2. The normalized spacial score (nSPS) is 15.1. The molecule has 1 unspecified atom stereocenters. The fraction of sp³-hybridized carbons (Fsp3) is 0.0667. The fourth-order valence-electron chi connectivity index (χ4n) is 7.92. The van der Waals surface area contributed by atoms with Crippen molar-refractivity contribution in [1.29, 1.82) is 0 Å². The van der Waals surface area contributed by atoms with Crippen molar-refractivity contribution in [3.05, 3.63) is 163 Å². The number of H-pyrrole nitrogens is 1. The third-order valence-corrected chi connectivity index (χ3v) is 11.3. The van der Waals surface area contributed by atoms with E-state index >= 15 is 0 Å². The number of thiophene rings is 1. The van der Waals surface area contributed by atoms with Crippen LogP contribution in [0.5, 0.6) is 0 Å². The minimum absolute atomic E-state index is 0.328. The smallest absolute Gasteiger partial charge is 0.0652 e. The van der Waals surface area contributed by atoms with Crippen LogP contribution in [-0.4, -0.2) is 4.98 Å². The number of allylic oxidation sites excluding steroid dienone is 4. The SMILES string of the molecule is CC1CC=CC(c2cc3ccc4cc5c6ccccc6sc5c5[nH]c(c2)c3c45)=C1N(c1ccccc1)c1ccc(-c2ccccc2)cc1. The highest BCUT2D eigenvalue weighted by Crippen LogP contribution is 2.46. The summed E-state index contributed by atoms with van der Waals surface area (Å²) in [7, 11) is 0. The molecule has 2 nitrogen and oxygen atoms in total. The van der Waals surface area contributed by atoms with Crippen LogP contribution < -0.4 is 4.90 Å². The lowest BCUT2D eigenvalue weighted by atomic mass is 9.87. The number of nitrogens with zero attached hydrogens (tertiary/aromatic N) is 1. The summed E-state index contributed by atoms with van der Waals surface area (Å²) in [5.41, 5.74) is 11.1. The molecule has 7 aromatic carbocycles. The van der Waals surface area contributed by atoms with Crippen molar-refractivity contribution in [2.45, 2.75) is 13.3 Å². The molecule has 2 heterocycles. The van der Waals surface area contributed by atoms with Crippen LogP contribution in [0.25, 0.3) is 69.5 Å². The third kappa shape index (κ3) is 4.18. The highest BCUT2D eigenvalue weighted by molar-refractivity contribution is 7.26. The summed E-state index contributed by atoms with van der Waals surface area (Å²) in [6.07, 6.45) is 5.70. The van der Waals surface area contributed by atoms with Gasteiger partial charge in [0.05, 0.1) is 10.2 Å². The number of hydrogen-bond donors (Lipinski definition) is 1. The Balaban J connectivity index is 1.19. The molecule has 0 saturated heterocycles. The van der Waals surface area contributed by atoms with Crippen LogP contribution in [0, 0.1) is 5.92 Å². The molecular formula is C45H32N2S. The molecule has 48 heavy (non-hydrogen) atoms. The lowest BCUT2D eigenvalue weighted by molar-refractivity contribution is 0.674. The summed E-state index contributed by atoms with van der Waals surface area (Å²) in [4.78, 5) is 6.41. The van der Waals surface area contributed by atoms with E-state index in [-0.39, 0.29) is 0 Å². The molecule has 0 aliphatic heterocycles. The third-order valence-electron chi connectivity index (χ3n) is 10.1. The molecule has 0 bridgehead atoms. The summed E-state index contributed by atoms with van der Waals surface area (Å²) >= 11 is 1.89. The Kier molecular flexibility index (Phi) is 6.12. The van der Waals surface area contributed by atoms with E-state index in [0.29, 0.717) is 5.92 Å². The minimum atomic E-state index is 0.328. The quantitative estimate of drug-likeness (QED) is 0.187. The molecule has 0 fully saturated rings. The van der Waals surface area contributed by atoms with Gasteiger partial charge in [-0.1, -0.05) is 110 Å². The van der Waals surface area contributed by atoms with Gasteiger partial charge in [0.15, 0.2) is 0 Å². The number of fused-ring (bicyclic) bond motifs is 4. The Hall–Kier alpha value is -5.64. The van der Waals surface area contributed by atoms with Crippen molar-refractivity contribution in [2.75, 3.05) is 4.90 Å². The molecule has 0 amide bonds. The van der Waals surface area contributed by atoms with Gasteiger partial charge in [-0.3, -0.25) is 0 Å². The van der Waals surface area contributed by atoms with Crippen LogP contribution in [0.1, 0.15) is 18.9 Å². The number of nitrogens with one attached hydrogen (secondary N) is 1. The fourth-order valence-corrected chi connectivity index (χ4v) is 9.11. The zero-order valence-corrected chi connectivity index (χ0v) is 27.4. The molecule has 1 atom stereocenters. The Morgan fingerprint density at radius 1 is 0.625 bits per heavy atom. The Bertz CT molecular complexity index is 2690. The number of anilines is 2. The molecule has 10 rings (SSSR count). The number of para-hydroxylation sites is 1. The first-order chi connectivity index (χ1) is 23.7. The van der Waals surface area contributed by atoms with Gasteiger partial charge in [0.2, 0.25) is 0 Å². The predicted octanol–water partition coefficient (Wildman–Crippen LogP) is 13.1. The molecule has 0 spiro atoms. The molecular weight excluding hydrogens is 601 g/mol. The van der Waals surface area contributed by atoms with Gasteiger partial charge in [-0.25, -0.2) is 0 Å². The van der Waals surface area contributed by atoms with Gasteiger partial charge >= 0.3 is 0 Å². The van der Waals surface area contributed by atoms with Gasteiger partial charge < -0.3 is 9.88 Å². The summed E-state index contributed by atoms with van der Waals surface area (Å²) in [5, 5.41) is 7.93. The van der Waals surface area contributed by atoms with Gasteiger partial charge in [0, 0.05) is 60.3 Å². The van der Waals surface area contributed by atoms with Crippen molar-refractivity contribution >= 4 is 81.0 Å². The lowest BCUT2D eigenvalue weighted by Crippen LogP contribution is -2.24. The average molecular weight is 633 g/mol. The van der Waals surface area contributed by atoms with Crippen LogP contribution in [0.15, 0.2) is 157 Å². The van der Waals surface area contributed by atoms with Crippen molar-refractivity contribution in [1.82, 2.24) is 4.98 Å². The molecule has 3 heteroatoms. The molecule has 9 aromatic rings. The molecule has 1 aliphatic carbocycles. The maximum Gasteiger partial charge on any atom is 0.0652 e. The number of benzene rings is 7. The Labute approximate surface area is 283 Å². The monoisotopic (exact) mass is 632 g/mol. The van der Waals surface area contributed by atoms with Crippen LogP contribution in [0.3, 0.4) is 0 Å². The van der Waals surface area contributed by atoms with Crippen molar-refractivity contribution in [3.8, 4) is 11.1 Å². The standard InChI is InChI=1S/C45H32N2S/c1-28-11-10-17-36(44(28)47(34-14-6-3-7-15-34)35-23-21-30(22-24-35)29-12-4-2-5-13-29)33-25-31-19-20-32-26-38-37-16-8-9-18-40(37)48-45(38)43-42(32)41(31)39(27-33)46-43/h2-10,12-28,46H,11H2,1H3. The van der Waals surface area contributed by atoms with Gasteiger partial charge in [-0.15, -0.1) is 11.3 Å². The van der Waals surface area contributed by atoms with Gasteiger partial charge in [-0.05, 0) is 82.4 Å². The van der Waals surface area contributed by atoms with E-state index in [1.54, 1.807) is 0 Å². The molecule has 2 aromatic heterocycles. The predicted molar refractivity (Wildman–Crippen MR) is 208 cm³/mol. The van der Waals surface area contributed by atoms with Crippen LogP contribution in [0.4, 0.5) is 11.4 Å². The minimum Gasteiger partial charge on any atom is -0.353 e. The molecule has 228 valence electrons. The molecule has 1 N–H and O–H groups in total. The van der Waals surface area contributed by atoms with Gasteiger partial charge in [0.1, 0.15) is 0 Å². The second-order valence-corrected chi connectivity index (χ2v) is 14.1. The van der Waals surface area contributed by atoms with Gasteiger partial charge in [-0.2, -0.15) is 0 Å². The Morgan fingerprint density at radius 3 is 2.12 bits per heavy atom. The largest absolute Gasteiger partial charge is 0.353 e. The summed E-state index contributed by atoms with van der Waals surface area (Å²) in [6.45, 7) is 2.36. The van der Waals surface area contributed by atoms with Crippen LogP contribution in [-0.2, 0) is 0 Å². The second-order valence-electron chi connectivity index (χ2n) is 13.1. The summed E-state index contributed by atoms with van der Waals surface area (Å²) < 4.78 is 2.68. The number of rotatable bonds is 5. The van der Waals surface area contributed by atoms with Crippen molar-refractivity contribution < 1.29 is 0 Å². The first-order valence-corrected chi connectivity index (χ1v) is 17.6. The summed E-state index contributed by atoms with van der Waals surface area (Å²) in [5.74, 6) is 0.328. The first kappa shape index (κ1) is 27.5. The zero-order valence-electron chi connectivity index (χ0n) is 26.6. The molecule has 1 aliphatic rings. The van der Waals surface area contributed by atoms with E-state index in [1.807, 2.05) is 11.3 Å². The van der Waals surface area contributed by atoms with E-state index in [4.69, 9.17) is 0 Å². The van der Waals surface area contributed by atoms with E-state index in [1.165, 1.54) is 92.1 Å². The van der Waals surface area contributed by atoms with E-state index in [0.717, 1.165) is 6.42 Å². The van der Waals surface area contributed by atoms with E-state index in [9.17, 15) is 0 Å². The second kappa shape index (κ2) is 10.7. The van der Waals surface area contributed by atoms with Crippen molar-refractivity contribution in [3.63, 3.8) is 0 Å². The van der Waals surface area contributed by atoms with Crippen LogP contribution in [0.2, 0.25) is 0 Å². The first-order valence-electron chi connectivity index (χ1n) is 16.7. The average Bonchev–Trinajstić information content (AvgIpc) is 3.72. The van der Waals surface area contributed by atoms with Gasteiger partial charge in [0.25, 0.3) is 0 Å². The summed E-state index contributed by atoms with van der Waals surface area (Å²) in [6, 6.07) is 51.1. The van der Waals surface area contributed by atoms with E-state index in [2.05, 4.69) is 168 Å². The molecule has 0 radical (unpaired) electrons.